The Bertz CT molecular complexity index is 716. The van der Waals surface area contributed by atoms with Crippen LogP contribution in [0.25, 0.3) is 10.9 Å². The SMILES string of the molecule is C[C@@H](Oc1cc(Br)cc2nn(C)c(F)c12)[C@H]1CNC(=O)C1. The van der Waals surface area contributed by atoms with Crippen molar-refractivity contribution in [2.75, 3.05) is 6.54 Å². The van der Waals surface area contributed by atoms with Crippen molar-refractivity contribution in [2.24, 2.45) is 13.0 Å². The molecule has 2 aromatic rings. The van der Waals surface area contributed by atoms with Gasteiger partial charge in [0.2, 0.25) is 11.9 Å². The van der Waals surface area contributed by atoms with E-state index >= 15 is 0 Å². The van der Waals surface area contributed by atoms with Gasteiger partial charge in [0.15, 0.2) is 0 Å². The highest BCUT2D eigenvalue weighted by Gasteiger charge is 2.29. The second-order valence-corrected chi connectivity index (χ2v) is 6.22. The average molecular weight is 356 g/mol. The fourth-order valence-corrected chi connectivity index (χ4v) is 3.00. The molecule has 3 rings (SSSR count). The highest BCUT2D eigenvalue weighted by atomic mass is 79.9. The van der Waals surface area contributed by atoms with Crippen LogP contribution in [-0.4, -0.2) is 28.3 Å². The molecule has 1 fully saturated rings. The summed E-state index contributed by atoms with van der Waals surface area (Å²) in [6, 6.07) is 3.48. The van der Waals surface area contributed by atoms with Crippen LogP contribution in [0.3, 0.4) is 0 Å². The van der Waals surface area contributed by atoms with Gasteiger partial charge in [-0.05, 0) is 19.1 Å². The molecule has 0 spiro atoms. The lowest BCUT2D eigenvalue weighted by Gasteiger charge is -2.20. The van der Waals surface area contributed by atoms with E-state index in [0.717, 1.165) is 4.47 Å². The van der Waals surface area contributed by atoms with Crippen molar-refractivity contribution in [3.05, 3.63) is 22.6 Å². The minimum Gasteiger partial charge on any atom is -0.489 e. The van der Waals surface area contributed by atoms with Crippen LogP contribution in [0, 0.1) is 11.9 Å². The van der Waals surface area contributed by atoms with E-state index in [2.05, 4.69) is 26.3 Å². The van der Waals surface area contributed by atoms with Gasteiger partial charge in [-0.3, -0.25) is 4.79 Å². The van der Waals surface area contributed by atoms with Gasteiger partial charge in [-0.15, -0.1) is 0 Å². The van der Waals surface area contributed by atoms with Gasteiger partial charge in [0.05, 0.1) is 5.39 Å². The van der Waals surface area contributed by atoms with E-state index in [1.807, 2.05) is 6.92 Å². The lowest BCUT2D eigenvalue weighted by Crippen LogP contribution is -2.25. The summed E-state index contributed by atoms with van der Waals surface area (Å²) in [6.07, 6.45) is 0.245. The number of aromatic nitrogens is 2. The zero-order valence-corrected chi connectivity index (χ0v) is 13.3. The highest BCUT2D eigenvalue weighted by Crippen LogP contribution is 2.33. The highest BCUT2D eigenvalue weighted by molar-refractivity contribution is 9.10. The Kier molecular flexibility index (Phi) is 3.61. The molecule has 0 bridgehead atoms. The molecule has 1 aliphatic heterocycles. The van der Waals surface area contributed by atoms with Crippen LogP contribution in [0.4, 0.5) is 4.39 Å². The molecule has 1 N–H and O–H groups in total. The summed E-state index contributed by atoms with van der Waals surface area (Å²) in [5, 5.41) is 7.26. The summed E-state index contributed by atoms with van der Waals surface area (Å²) in [7, 11) is 1.55. The van der Waals surface area contributed by atoms with Crippen LogP contribution in [-0.2, 0) is 11.8 Å². The third kappa shape index (κ3) is 2.62. The van der Waals surface area contributed by atoms with Crippen LogP contribution >= 0.6 is 15.9 Å². The number of carbonyl (C=O) groups excluding carboxylic acids is 1. The third-order valence-corrected chi connectivity index (χ3v) is 4.24. The maximum Gasteiger partial charge on any atom is 0.222 e. The molecule has 7 heteroatoms. The first kappa shape index (κ1) is 14.3. The molecule has 0 radical (unpaired) electrons. The fraction of sp³-hybridized carbons (Fsp3) is 0.429. The molecule has 1 saturated heterocycles. The Balaban J connectivity index is 1.94. The topological polar surface area (TPSA) is 56.1 Å². The van der Waals surface area contributed by atoms with Gasteiger partial charge in [-0.25, -0.2) is 4.68 Å². The molecule has 21 heavy (non-hydrogen) atoms. The van der Waals surface area contributed by atoms with Gasteiger partial charge in [0, 0.05) is 30.4 Å². The number of rotatable bonds is 3. The summed E-state index contributed by atoms with van der Waals surface area (Å²) in [6.45, 7) is 2.48. The van der Waals surface area contributed by atoms with Crippen LogP contribution < -0.4 is 10.1 Å². The Morgan fingerprint density at radius 3 is 3.00 bits per heavy atom. The number of amides is 1. The van der Waals surface area contributed by atoms with Crippen molar-refractivity contribution < 1.29 is 13.9 Å². The lowest BCUT2D eigenvalue weighted by atomic mass is 10.0. The van der Waals surface area contributed by atoms with Crippen molar-refractivity contribution in [1.82, 2.24) is 15.1 Å². The standard InChI is InChI=1S/C14H15BrFN3O2/c1-7(8-3-12(20)17-6-8)21-11-5-9(15)4-10-13(11)14(16)19(2)18-10/h4-5,7-8H,3,6H2,1-2H3,(H,17,20)/t7-,8-/m1/s1. The molecule has 0 unspecified atom stereocenters. The third-order valence-electron chi connectivity index (χ3n) is 3.78. The predicted molar refractivity (Wildman–Crippen MR) is 79.6 cm³/mol. The molecule has 1 aromatic carbocycles. The Hall–Kier alpha value is -1.63. The van der Waals surface area contributed by atoms with Crippen molar-refractivity contribution in [3.63, 3.8) is 0 Å². The molecule has 0 saturated carbocycles. The van der Waals surface area contributed by atoms with Gasteiger partial charge in [-0.1, -0.05) is 15.9 Å². The van der Waals surface area contributed by atoms with E-state index in [-0.39, 0.29) is 17.9 Å². The number of ether oxygens (including phenoxy) is 1. The Morgan fingerprint density at radius 2 is 2.33 bits per heavy atom. The normalized spacial score (nSPS) is 19.8. The number of hydrogen-bond acceptors (Lipinski definition) is 3. The summed E-state index contributed by atoms with van der Waals surface area (Å²) in [4.78, 5) is 11.3. The van der Waals surface area contributed by atoms with Gasteiger partial charge >= 0.3 is 0 Å². The largest absolute Gasteiger partial charge is 0.489 e. The molecule has 0 aliphatic carbocycles. The molecule has 112 valence electrons. The summed E-state index contributed by atoms with van der Waals surface area (Å²) in [5.41, 5.74) is 0.534. The van der Waals surface area contributed by atoms with E-state index in [0.29, 0.717) is 29.6 Å². The Morgan fingerprint density at radius 1 is 1.57 bits per heavy atom. The number of nitrogens with zero attached hydrogens (tertiary/aromatic N) is 2. The van der Waals surface area contributed by atoms with Crippen molar-refractivity contribution in [3.8, 4) is 5.75 Å². The summed E-state index contributed by atoms with van der Waals surface area (Å²) < 4.78 is 22.1. The monoisotopic (exact) mass is 355 g/mol. The number of hydrogen-bond donors (Lipinski definition) is 1. The molecule has 1 aromatic heterocycles. The second kappa shape index (κ2) is 5.29. The van der Waals surface area contributed by atoms with E-state index in [9.17, 15) is 9.18 Å². The maximum atomic E-state index is 14.2. The molecular formula is C14H15BrFN3O2. The molecule has 2 atom stereocenters. The van der Waals surface area contributed by atoms with Crippen molar-refractivity contribution in [2.45, 2.75) is 19.4 Å². The number of nitrogens with one attached hydrogen (secondary N) is 1. The van der Waals surface area contributed by atoms with E-state index in [1.165, 1.54) is 4.68 Å². The van der Waals surface area contributed by atoms with Gasteiger partial charge in [0.25, 0.3) is 0 Å². The van der Waals surface area contributed by atoms with Crippen LogP contribution in [0.15, 0.2) is 16.6 Å². The summed E-state index contributed by atoms with van der Waals surface area (Å²) in [5.74, 6) is 0.130. The van der Waals surface area contributed by atoms with Gasteiger partial charge in [-0.2, -0.15) is 9.49 Å². The van der Waals surface area contributed by atoms with Gasteiger partial charge < -0.3 is 10.1 Å². The van der Waals surface area contributed by atoms with E-state index in [1.54, 1.807) is 19.2 Å². The summed E-state index contributed by atoms with van der Waals surface area (Å²) >= 11 is 3.38. The first-order valence-corrected chi connectivity index (χ1v) is 7.50. The van der Waals surface area contributed by atoms with E-state index in [4.69, 9.17) is 4.74 Å². The lowest BCUT2D eigenvalue weighted by molar-refractivity contribution is -0.119. The van der Waals surface area contributed by atoms with Crippen LogP contribution in [0.5, 0.6) is 5.75 Å². The number of aryl methyl sites for hydroxylation is 1. The van der Waals surface area contributed by atoms with Crippen LogP contribution in [0.2, 0.25) is 0 Å². The number of carbonyl (C=O) groups is 1. The predicted octanol–water partition coefficient (Wildman–Crippen LogP) is 2.38. The van der Waals surface area contributed by atoms with Crippen LogP contribution in [0.1, 0.15) is 13.3 Å². The first-order valence-electron chi connectivity index (χ1n) is 6.71. The van der Waals surface area contributed by atoms with Crippen molar-refractivity contribution >= 4 is 32.7 Å². The van der Waals surface area contributed by atoms with Crippen molar-refractivity contribution in [1.29, 1.82) is 0 Å². The first-order chi connectivity index (χ1) is 9.95. The smallest absolute Gasteiger partial charge is 0.222 e. The fourth-order valence-electron chi connectivity index (χ4n) is 2.57. The maximum absolute atomic E-state index is 14.2. The quantitative estimate of drug-likeness (QED) is 0.919. The zero-order valence-electron chi connectivity index (χ0n) is 11.7. The van der Waals surface area contributed by atoms with E-state index < -0.39 is 5.95 Å². The molecule has 1 aliphatic rings. The second-order valence-electron chi connectivity index (χ2n) is 5.30. The molecule has 5 nitrogen and oxygen atoms in total. The zero-order chi connectivity index (χ0) is 15.1. The average Bonchev–Trinajstić information content (AvgIpc) is 2.95. The number of halogens is 2. The molecule has 2 heterocycles. The minimum absolute atomic E-state index is 0.0300. The minimum atomic E-state index is -0.430. The molecular weight excluding hydrogens is 341 g/mol. The molecule has 1 amide bonds. The Labute approximate surface area is 129 Å². The van der Waals surface area contributed by atoms with Gasteiger partial charge in [0.1, 0.15) is 17.4 Å². The number of benzene rings is 1. The number of fused-ring (bicyclic) bond motifs is 1.